The van der Waals surface area contributed by atoms with Gasteiger partial charge in [0.1, 0.15) is 6.61 Å². The molecule has 35 heavy (non-hydrogen) atoms. The Kier molecular flexibility index (Phi) is 7.00. The van der Waals surface area contributed by atoms with Crippen molar-refractivity contribution in [3.63, 3.8) is 0 Å². The molecule has 1 heterocycles. The number of aliphatic carboxylic acids is 1. The number of hydrogen-bond acceptors (Lipinski definition) is 4. The van der Waals surface area contributed by atoms with Gasteiger partial charge in [0.05, 0.1) is 11.8 Å². The summed E-state index contributed by atoms with van der Waals surface area (Å²) >= 11 is 0. The molecule has 1 fully saturated rings. The molecule has 10 heteroatoms. The summed E-state index contributed by atoms with van der Waals surface area (Å²) in [4.78, 5) is 36.6. The molecule has 2 aromatic rings. The summed E-state index contributed by atoms with van der Waals surface area (Å²) in [5, 5.41) is 11.6. The molecule has 186 valence electrons. The third kappa shape index (κ3) is 5.26. The highest BCUT2D eigenvalue weighted by atomic mass is 19.4. The number of carboxylic acid groups (broad SMARTS) is 1. The molecular formula is C25H25F3N2O5. The van der Waals surface area contributed by atoms with Crippen LogP contribution in [0.3, 0.4) is 0 Å². The number of alkyl halides is 3. The van der Waals surface area contributed by atoms with E-state index >= 15 is 0 Å². The minimum Gasteiger partial charge on any atom is -0.481 e. The largest absolute Gasteiger partial charge is 0.481 e. The van der Waals surface area contributed by atoms with Gasteiger partial charge in [-0.1, -0.05) is 48.5 Å². The first-order valence-corrected chi connectivity index (χ1v) is 11.3. The number of hydrogen-bond donors (Lipinski definition) is 2. The van der Waals surface area contributed by atoms with E-state index in [1.807, 2.05) is 48.5 Å². The van der Waals surface area contributed by atoms with Crippen LogP contribution in [0.4, 0.5) is 18.0 Å². The lowest BCUT2D eigenvalue weighted by Crippen LogP contribution is -2.34. The summed E-state index contributed by atoms with van der Waals surface area (Å²) < 4.78 is 44.7. The number of benzene rings is 2. The van der Waals surface area contributed by atoms with Crippen molar-refractivity contribution in [1.29, 1.82) is 0 Å². The van der Waals surface area contributed by atoms with E-state index in [0.29, 0.717) is 0 Å². The maximum Gasteiger partial charge on any atom is 0.407 e. The second kappa shape index (κ2) is 9.97. The summed E-state index contributed by atoms with van der Waals surface area (Å²) in [6.07, 6.45) is -5.26. The molecule has 0 spiro atoms. The number of carboxylic acids is 1. The van der Waals surface area contributed by atoms with Crippen molar-refractivity contribution in [2.45, 2.75) is 24.9 Å². The predicted octanol–water partition coefficient (Wildman–Crippen LogP) is 4.03. The van der Waals surface area contributed by atoms with Crippen LogP contribution in [-0.4, -0.2) is 60.4 Å². The Morgan fingerprint density at radius 2 is 1.60 bits per heavy atom. The van der Waals surface area contributed by atoms with Crippen LogP contribution in [-0.2, 0) is 14.3 Å². The minimum absolute atomic E-state index is 0.0892. The van der Waals surface area contributed by atoms with Gasteiger partial charge in [0.25, 0.3) is 0 Å². The number of ether oxygens (including phenoxy) is 1. The maximum absolute atomic E-state index is 13.1. The van der Waals surface area contributed by atoms with Gasteiger partial charge < -0.3 is 20.1 Å². The average Bonchev–Trinajstić information content (AvgIpc) is 3.41. The van der Waals surface area contributed by atoms with Gasteiger partial charge >= 0.3 is 18.2 Å². The predicted molar refractivity (Wildman–Crippen MR) is 120 cm³/mol. The van der Waals surface area contributed by atoms with Crippen molar-refractivity contribution in [2.75, 3.05) is 26.2 Å². The van der Waals surface area contributed by atoms with Gasteiger partial charge in [0.15, 0.2) is 0 Å². The highest BCUT2D eigenvalue weighted by Crippen LogP contribution is 2.44. The Balaban J connectivity index is 1.22. The van der Waals surface area contributed by atoms with Crippen LogP contribution < -0.4 is 5.32 Å². The monoisotopic (exact) mass is 490 g/mol. The lowest BCUT2D eigenvalue weighted by atomic mass is 9.96. The number of amides is 2. The van der Waals surface area contributed by atoms with Gasteiger partial charge in [0.2, 0.25) is 5.91 Å². The Morgan fingerprint density at radius 1 is 1.00 bits per heavy atom. The third-order valence-electron chi connectivity index (χ3n) is 6.59. The molecular weight excluding hydrogens is 465 g/mol. The highest BCUT2D eigenvalue weighted by molar-refractivity contribution is 5.80. The molecule has 0 saturated carbocycles. The van der Waals surface area contributed by atoms with Crippen LogP contribution in [0, 0.1) is 11.8 Å². The number of alkyl carbamates (subject to hydrolysis) is 1. The van der Waals surface area contributed by atoms with Crippen LogP contribution in [0.2, 0.25) is 0 Å². The van der Waals surface area contributed by atoms with E-state index in [2.05, 4.69) is 5.32 Å². The number of likely N-dealkylation sites (tertiary alicyclic amines) is 1. The molecule has 1 saturated heterocycles. The van der Waals surface area contributed by atoms with Gasteiger partial charge in [-0.2, -0.15) is 13.2 Å². The smallest absolute Gasteiger partial charge is 0.407 e. The summed E-state index contributed by atoms with van der Waals surface area (Å²) in [5.41, 5.74) is 4.37. The highest BCUT2D eigenvalue weighted by Gasteiger charge is 2.53. The van der Waals surface area contributed by atoms with Gasteiger partial charge in [-0.25, -0.2) is 4.79 Å². The average molecular weight is 490 g/mol. The minimum atomic E-state index is -4.69. The first kappa shape index (κ1) is 24.6. The number of rotatable bonds is 7. The standard InChI is InChI=1S/C25H25F3N2O5/c26-25(27,28)21-13-30(12-19(21)23(32)33)22(31)10-5-11-29-24(34)35-14-20-17-8-3-1-6-15(17)16-7-2-4-9-18(16)20/h1-4,6-9,19-21H,5,10-14H2,(H,29,34)(H,32,33)/t19-,21-/m1/s1. The fraction of sp³-hybridized carbons (Fsp3) is 0.400. The Hall–Kier alpha value is -3.56. The number of halogens is 3. The van der Waals surface area contributed by atoms with E-state index in [9.17, 15) is 27.6 Å². The zero-order chi connectivity index (χ0) is 25.2. The van der Waals surface area contributed by atoms with E-state index in [1.165, 1.54) is 0 Å². The molecule has 0 aromatic heterocycles. The number of fused-ring (bicyclic) bond motifs is 3. The number of nitrogens with one attached hydrogen (secondary N) is 1. The summed E-state index contributed by atoms with van der Waals surface area (Å²) in [6.45, 7) is -0.902. The van der Waals surface area contributed by atoms with E-state index in [0.717, 1.165) is 27.2 Å². The Morgan fingerprint density at radius 3 is 2.14 bits per heavy atom. The van der Waals surface area contributed by atoms with Gasteiger partial charge in [-0.15, -0.1) is 0 Å². The summed E-state index contributed by atoms with van der Waals surface area (Å²) in [7, 11) is 0. The van der Waals surface area contributed by atoms with Crippen molar-refractivity contribution in [3.8, 4) is 11.1 Å². The van der Waals surface area contributed by atoms with Crippen LogP contribution in [0.5, 0.6) is 0 Å². The van der Waals surface area contributed by atoms with Crippen LogP contribution in [0.15, 0.2) is 48.5 Å². The zero-order valence-corrected chi connectivity index (χ0v) is 18.8. The normalized spacial score (nSPS) is 19.2. The van der Waals surface area contributed by atoms with Crippen molar-refractivity contribution < 1.29 is 37.4 Å². The number of carbonyl (C=O) groups is 3. The van der Waals surface area contributed by atoms with E-state index < -0.39 is 49.1 Å². The fourth-order valence-corrected chi connectivity index (χ4v) is 4.83. The van der Waals surface area contributed by atoms with Crippen molar-refractivity contribution in [1.82, 2.24) is 10.2 Å². The molecule has 2 N–H and O–H groups in total. The molecule has 2 atom stereocenters. The molecule has 0 bridgehead atoms. The zero-order valence-electron chi connectivity index (χ0n) is 18.8. The second-order valence-electron chi connectivity index (χ2n) is 8.75. The number of carbonyl (C=O) groups excluding carboxylic acids is 2. The molecule has 4 rings (SSSR count). The first-order chi connectivity index (χ1) is 16.7. The first-order valence-electron chi connectivity index (χ1n) is 11.3. The molecule has 1 aliphatic carbocycles. The summed E-state index contributed by atoms with van der Waals surface area (Å²) in [6, 6.07) is 15.9. The number of nitrogens with zero attached hydrogens (tertiary/aromatic N) is 1. The van der Waals surface area contributed by atoms with Gasteiger partial charge in [-0.05, 0) is 28.7 Å². The van der Waals surface area contributed by atoms with E-state index in [1.54, 1.807) is 0 Å². The van der Waals surface area contributed by atoms with E-state index in [4.69, 9.17) is 9.84 Å². The molecule has 1 aliphatic heterocycles. The Bertz CT molecular complexity index is 1070. The quantitative estimate of drug-likeness (QED) is 0.572. The molecule has 0 radical (unpaired) electrons. The molecule has 2 amide bonds. The van der Waals surface area contributed by atoms with Crippen molar-refractivity contribution in [3.05, 3.63) is 59.7 Å². The molecule has 2 aromatic carbocycles. The SMILES string of the molecule is O=C(NCCCC(=O)N1C[C@@H](C(F)(F)F)[C@H](C(=O)O)C1)OCC1c2ccccc2-c2ccccc21. The lowest BCUT2D eigenvalue weighted by molar-refractivity contribution is -0.188. The van der Waals surface area contributed by atoms with Crippen LogP contribution in [0.25, 0.3) is 11.1 Å². The van der Waals surface area contributed by atoms with Crippen molar-refractivity contribution in [2.24, 2.45) is 11.8 Å². The topological polar surface area (TPSA) is 95.9 Å². The molecule has 2 aliphatic rings. The summed E-state index contributed by atoms with van der Waals surface area (Å²) in [5.74, 6) is -5.98. The van der Waals surface area contributed by atoms with Crippen LogP contribution >= 0.6 is 0 Å². The van der Waals surface area contributed by atoms with Crippen LogP contribution in [0.1, 0.15) is 29.9 Å². The molecule has 0 unspecified atom stereocenters. The molecule has 7 nitrogen and oxygen atoms in total. The fourth-order valence-electron chi connectivity index (χ4n) is 4.83. The van der Waals surface area contributed by atoms with Gasteiger partial charge in [0, 0.05) is 32.0 Å². The second-order valence-corrected chi connectivity index (χ2v) is 8.75. The Labute approximate surface area is 199 Å². The van der Waals surface area contributed by atoms with E-state index in [-0.39, 0.29) is 31.9 Å². The van der Waals surface area contributed by atoms with Crippen molar-refractivity contribution >= 4 is 18.0 Å². The maximum atomic E-state index is 13.1. The third-order valence-corrected chi connectivity index (χ3v) is 6.59. The van der Waals surface area contributed by atoms with Gasteiger partial charge in [-0.3, -0.25) is 9.59 Å². The lowest BCUT2D eigenvalue weighted by Gasteiger charge is -2.18.